The second-order valence-electron chi connectivity index (χ2n) is 5.74. The molecule has 0 saturated carbocycles. The standard InChI is InChI=1S/C21H18F2O4/c1-4-20(24)27-19-8-7-16(12-18(19)23)15-6-5-14(17(22)11-15)9-10-26-21(25)13(2)3/h4-8,11-12H,1-2,9-10H2,3H3. The van der Waals surface area contributed by atoms with Crippen LogP contribution in [0.3, 0.4) is 0 Å². The van der Waals surface area contributed by atoms with Gasteiger partial charge in [0.05, 0.1) is 6.61 Å². The average Bonchev–Trinajstić information content (AvgIpc) is 2.64. The van der Waals surface area contributed by atoms with Crippen molar-refractivity contribution in [3.05, 3.63) is 78.4 Å². The van der Waals surface area contributed by atoms with E-state index in [4.69, 9.17) is 9.47 Å². The van der Waals surface area contributed by atoms with E-state index in [2.05, 4.69) is 13.2 Å². The number of hydrogen-bond acceptors (Lipinski definition) is 4. The normalized spacial score (nSPS) is 10.2. The Hall–Kier alpha value is -3.28. The third-order valence-corrected chi connectivity index (χ3v) is 3.65. The van der Waals surface area contributed by atoms with E-state index in [-0.39, 0.29) is 24.4 Å². The maximum absolute atomic E-state index is 14.3. The topological polar surface area (TPSA) is 52.6 Å². The zero-order valence-electron chi connectivity index (χ0n) is 14.8. The zero-order valence-corrected chi connectivity index (χ0v) is 14.8. The number of ether oxygens (including phenoxy) is 2. The molecular formula is C21H18F2O4. The highest BCUT2D eigenvalue weighted by molar-refractivity contribution is 5.86. The summed E-state index contributed by atoms with van der Waals surface area (Å²) in [5, 5.41) is 0. The molecule has 0 saturated heterocycles. The van der Waals surface area contributed by atoms with Gasteiger partial charge < -0.3 is 9.47 Å². The van der Waals surface area contributed by atoms with Crippen molar-refractivity contribution in [1.29, 1.82) is 0 Å². The molecule has 27 heavy (non-hydrogen) atoms. The minimum atomic E-state index is -0.774. The Morgan fingerprint density at radius 2 is 1.70 bits per heavy atom. The molecule has 2 aromatic carbocycles. The first kappa shape index (κ1) is 20.0. The Morgan fingerprint density at radius 1 is 1.07 bits per heavy atom. The smallest absolute Gasteiger partial charge is 0.335 e. The van der Waals surface area contributed by atoms with Crippen molar-refractivity contribution in [2.24, 2.45) is 0 Å². The van der Waals surface area contributed by atoms with Crippen LogP contribution in [0.15, 0.2) is 61.2 Å². The number of benzene rings is 2. The first-order valence-electron chi connectivity index (χ1n) is 8.07. The lowest BCUT2D eigenvalue weighted by Crippen LogP contribution is -2.08. The Kier molecular flexibility index (Phi) is 6.60. The van der Waals surface area contributed by atoms with Crippen molar-refractivity contribution in [3.63, 3.8) is 0 Å². The molecule has 0 fully saturated rings. The van der Waals surface area contributed by atoms with Crippen molar-refractivity contribution < 1.29 is 27.8 Å². The third-order valence-electron chi connectivity index (χ3n) is 3.65. The summed E-state index contributed by atoms with van der Waals surface area (Å²) < 4.78 is 38.0. The first-order chi connectivity index (χ1) is 12.8. The molecule has 6 heteroatoms. The highest BCUT2D eigenvalue weighted by Gasteiger charge is 2.11. The Bertz CT molecular complexity index is 903. The maximum Gasteiger partial charge on any atom is 0.335 e. The average molecular weight is 372 g/mol. The molecule has 0 bridgehead atoms. The highest BCUT2D eigenvalue weighted by atomic mass is 19.1. The van der Waals surface area contributed by atoms with Gasteiger partial charge in [0.15, 0.2) is 11.6 Å². The lowest BCUT2D eigenvalue weighted by molar-refractivity contribution is -0.138. The van der Waals surface area contributed by atoms with Gasteiger partial charge in [-0.3, -0.25) is 0 Å². The lowest BCUT2D eigenvalue weighted by Gasteiger charge is -2.09. The fourth-order valence-corrected chi connectivity index (χ4v) is 2.22. The Morgan fingerprint density at radius 3 is 2.26 bits per heavy atom. The van der Waals surface area contributed by atoms with Crippen LogP contribution in [0.5, 0.6) is 5.75 Å². The summed E-state index contributed by atoms with van der Waals surface area (Å²) in [6.07, 6.45) is 1.13. The van der Waals surface area contributed by atoms with Gasteiger partial charge in [0.1, 0.15) is 5.82 Å². The summed E-state index contributed by atoms with van der Waals surface area (Å²) in [5.74, 6) is -2.79. The Labute approximate surface area is 155 Å². The second-order valence-corrected chi connectivity index (χ2v) is 5.74. The summed E-state index contributed by atoms with van der Waals surface area (Å²) in [4.78, 5) is 22.5. The monoisotopic (exact) mass is 372 g/mol. The summed E-state index contributed by atoms with van der Waals surface area (Å²) in [6, 6.07) is 8.38. The number of carbonyl (C=O) groups is 2. The van der Waals surface area contributed by atoms with E-state index in [0.29, 0.717) is 16.7 Å². The van der Waals surface area contributed by atoms with E-state index in [1.165, 1.54) is 25.1 Å². The van der Waals surface area contributed by atoms with Crippen molar-refractivity contribution in [3.8, 4) is 16.9 Å². The number of carbonyl (C=O) groups excluding carboxylic acids is 2. The molecule has 4 nitrogen and oxygen atoms in total. The summed E-state index contributed by atoms with van der Waals surface area (Å²) in [5.41, 5.74) is 1.51. The summed E-state index contributed by atoms with van der Waals surface area (Å²) in [7, 11) is 0. The molecule has 0 radical (unpaired) electrons. The molecule has 0 spiro atoms. The van der Waals surface area contributed by atoms with Gasteiger partial charge in [0.25, 0.3) is 0 Å². The van der Waals surface area contributed by atoms with Crippen LogP contribution < -0.4 is 4.74 Å². The lowest BCUT2D eigenvalue weighted by atomic mass is 10.0. The molecule has 0 atom stereocenters. The number of esters is 2. The minimum absolute atomic E-state index is 0.0277. The quantitative estimate of drug-likeness (QED) is 0.411. The molecule has 0 heterocycles. The third kappa shape index (κ3) is 5.34. The van der Waals surface area contributed by atoms with Crippen LogP contribution in [0.1, 0.15) is 12.5 Å². The molecule has 0 aromatic heterocycles. The predicted octanol–water partition coefficient (Wildman–Crippen LogP) is 4.39. The largest absolute Gasteiger partial charge is 0.462 e. The van der Waals surface area contributed by atoms with E-state index < -0.39 is 23.6 Å². The van der Waals surface area contributed by atoms with Gasteiger partial charge >= 0.3 is 11.9 Å². The number of halogens is 2. The van der Waals surface area contributed by atoms with Crippen LogP contribution in [0.2, 0.25) is 0 Å². The molecule has 0 unspecified atom stereocenters. The second kappa shape index (κ2) is 8.89. The number of rotatable bonds is 7. The molecule has 0 aliphatic rings. The first-order valence-corrected chi connectivity index (χ1v) is 8.07. The van der Waals surface area contributed by atoms with E-state index in [0.717, 1.165) is 12.1 Å². The van der Waals surface area contributed by atoms with Gasteiger partial charge in [-0.2, -0.15) is 0 Å². The van der Waals surface area contributed by atoms with Crippen LogP contribution >= 0.6 is 0 Å². The van der Waals surface area contributed by atoms with E-state index in [1.807, 2.05) is 0 Å². The van der Waals surface area contributed by atoms with Gasteiger partial charge in [-0.25, -0.2) is 18.4 Å². The van der Waals surface area contributed by atoms with Gasteiger partial charge in [0, 0.05) is 18.1 Å². The van der Waals surface area contributed by atoms with E-state index >= 15 is 0 Å². The van der Waals surface area contributed by atoms with Crippen LogP contribution in [-0.4, -0.2) is 18.5 Å². The predicted molar refractivity (Wildman–Crippen MR) is 97.1 cm³/mol. The molecule has 140 valence electrons. The fourth-order valence-electron chi connectivity index (χ4n) is 2.22. The van der Waals surface area contributed by atoms with Crippen molar-refractivity contribution in [2.75, 3.05) is 6.61 Å². The minimum Gasteiger partial charge on any atom is -0.462 e. The van der Waals surface area contributed by atoms with E-state index in [1.54, 1.807) is 12.1 Å². The molecule has 2 aromatic rings. The van der Waals surface area contributed by atoms with Crippen molar-refractivity contribution in [1.82, 2.24) is 0 Å². The fraction of sp³-hybridized carbons (Fsp3) is 0.143. The van der Waals surface area contributed by atoms with Crippen LogP contribution in [0.4, 0.5) is 8.78 Å². The highest BCUT2D eigenvalue weighted by Crippen LogP contribution is 2.27. The van der Waals surface area contributed by atoms with Crippen molar-refractivity contribution >= 4 is 11.9 Å². The number of hydrogen-bond donors (Lipinski definition) is 0. The molecule has 2 rings (SSSR count). The van der Waals surface area contributed by atoms with E-state index in [9.17, 15) is 18.4 Å². The van der Waals surface area contributed by atoms with Crippen molar-refractivity contribution in [2.45, 2.75) is 13.3 Å². The van der Waals surface area contributed by atoms with Crippen LogP contribution in [0.25, 0.3) is 11.1 Å². The van der Waals surface area contributed by atoms with Crippen LogP contribution in [0, 0.1) is 11.6 Å². The maximum atomic E-state index is 14.3. The molecule has 0 N–H and O–H groups in total. The molecule has 0 aliphatic heterocycles. The molecule has 0 aliphatic carbocycles. The zero-order chi connectivity index (χ0) is 20.0. The van der Waals surface area contributed by atoms with Gasteiger partial charge in [-0.05, 0) is 41.8 Å². The summed E-state index contributed by atoms with van der Waals surface area (Å²) >= 11 is 0. The summed E-state index contributed by atoms with van der Waals surface area (Å²) in [6.45, 7) is 8.26. The van der Waals surface area contributed by atoms with Crippen LogP contribution in [-0.2, 0) is 20.7 Å². The van der Waals surface area contributed by atoms with Gasteiger partial charge in [-0.1, -0.05) is 31.4 Å². The van der Waals surface area contributed by atoms with Gasteiger partial charge in [-0.15, -0.1) is 0 Å². The van der Waals surface area contributed by atoms with Gasteiger partial charge in [0.2, 0.25) is 0 Å². The molecular weight excluding hydrogens is 354 g/mol. The SMILES string of the molecule is C=CC(=O)Oc1ccc(-c2ccc(CCOC(=O)C(=C)C)c(F)c2)cc1F. The Balaban J connectivity index is 2.11. The molecule has 0 amide bonds.